The molecular formula is C30H37ClN6O4. The van der Waals surface area contributed by atoms with Gasteiger partial charge >= 0.3 is 0 Å². The smallest absolute Gasteiger partial charge is 0.274 e. The molecule has 1 saturated heterocycles. The van der Waals surface area contributed by atoms with Gasteiger partial charge in [0.1, 0.15) is 5.75 Å². The third kappa shape index (κ3) is 8.08. The summed E-state index contributed by atoms with van der Waals surface area (Å²) in [5, 5.41) is 14.1. The van der Waals surface area contributed by atoms with Crippen LogP contribution in [0.3, 0.4) is 0 Å². The molecule has 0 aliphatic carbocycles. The summed E-state index contributed by atoms with van der Waals surface area (Å²) in [6.07, 6.45) is 5.53. The second kappa shape index (κ2) is 13.6. The lowest BCUT2D eigenvalue weighted by molar-refractivity contribution is -0.933. The van der Waals surface area contributed by atoms with Gasteiger partial charge in [-0.15, -0.1) is 0 Å². The highest BCUT2D eigenvalue weighted by molar-refractivity contribution is 6.31. The highest BCUT2D eigenvalue weighted by atomic mass is 35.5. The van der Waals surface area contributed by atoms with Crippen molar-refractivity contribution < 1.29 is 23.9 Å². The van der Waals surface area contributed by atoms with Crippen LogP contribution in [0.1, 0.15) is 57.7 Å². The van der Waals surface area contributed by atoms with E-state index in [1.165, 1.54) is 5.56 Å². The molecule has 0 spiro atoms. The number of aryl methyl sites for hydroxylation is 2. The summed E-state index contributed by atoms with van der Waals surface area (Å²) in [7, 11) is 1.66. The number of hydrogen-bond acceptors (Lipinski definition) is 8. The first-order valence-corrected chi connectivity index (χ1v) is 14.2. The number of piperidine rings is 1. The number of rotatable bonds is 12. The van der Waals surface area contributed by atoms with Crippen molar-refractivity contribution in [3.63, 3.8) is 0 Å². The van der Waals surface area contributed by atoms with Crippen molar-refractivity contribution >= 4 is 35.1 Å². The normalized spacial score (nSPS) is 18.5. The molecule has 41 heavy (non-hydrogen) atoms. The first-order valence-electron chi connectivity index (χ1n) is 13.9. The van der Waals surface area contributed by atoms with Crippen LogP contribution in [0.15, 0.2) is 48.5 Å². The molecule has 1 aliphatic heterocycles. The lowest BCUT2D eigenvalue weighted by atomic mass is 9.99. The molecule has 0 saturated carbocycles. The summed E-state index contributed by atoms with van der Waals surface area (Å²) >= 11 is 6.00. The number of benzene rings is 2. The van der Waals surface area contributed by atoms with Gasteiger partial charge in [0, 0.05) is 12.8 Å². The highest BCUT2D eigenvalue weighted by Crippen LogP contribution is 2.24. The molecule has 0 bridgehead atoms. The SMILES string of the molecule is COc1ccc(CCC[N+]2(CCCc3ccc(C(=O)[O-])cc3)CCCC(NC(=O)c3nc(Cl)c(N)nc3N)C2)cc1. The molecule has 2 unspecified atom stereocenters. The fourth-order valence-corrected chi connectivity index (χ4v) is 5.79. The second-order valence-electron chi connectivity index (χ2n) is 10.7. The van der Waals surface area contributed by atoms with Crippen molar-refractivity contribution in [3.05, 3.63) is 76.1 Å². The van der Waals surface area contributed by atoms with E-state index in [-0.39, 0.29) is 34.1 Å². The van der Waals surface area contributed by atoms with Gasteiger partial charge in [0.2, 0.25) is 0 Å². The number of carboxylic acid groups (broad SMARTS) is 1. The highest BCUT2D eigenvalue weighted by Gasteiger charge is 2.35. The Hall–Kier alpha value is -3.89. The van der Waals surface area contributed by atoms with Crippen LogP contribution in [0.2, 0.25) is 5.15 Å². The minimum atomic E-state index is -1.17. The van der Waals surface area contributed by atoms with Crippen molar-refractivity contribution in [3.8, 4) is 5.75 Å². The molecule has 2 heterocycles. The Morgan fingerprint density at radius 1 is 1.00 bits per heavy atom. The monoisotopic (exact) mass is 580 g/mol. The summed E-state index contributed by atoms with van der Waals surface area (Å²) in [5.41, 5.74) is 14.1. The van der Waals surface area contributed by atoms with Crippen molar-refractivity contribution in [2.24, 2.45) is 0 Å². The molecule has 2 atom stereocenters. The van der Waals surface area contributed by atoms with Crippen LogP contribution in [0.4, 0.5) is 11.6 Å². The zero-order valence-electron chi connectivity index (χ0n) is 23.3. The summed E-state index contributed by atoms with van der Waals surface area (Å²) in [5.74, 6) is -0.806. The van der Waals surface area contributed by atoms with Crippen molar-refractivity contribution in [1.82, 2.24) is 15.3 Å². The summed E-state index contributed by atoms with van der Waals surface area (Å²) in [6.45, 7) is 3.72. The zero-order chi connectivity index (χ0) is 29.4. The number of nitrogens with two attached hydrogens (primary N) is 2. The number of likely N-dealkylation sites (tertiary alicyclic amines) is 1. The molecular weight excluding hydrogens is 544 g/mol. The second-order valence-corrected chi connectivity index (χ2v) is 11.0. The molecule has 218 valence electrons. The fourth-order valence-electron chi connectivity index (χ4n) is 5.66. The maximum Gasteiger partial charge on any atom is 0.274 e. The van der Waals surface area contributed by atoms with E-state index in [1.54, 1.807) is 19.2 Å². The number of aromatic carboxylic acids is 1. The van der Waals surface area contributed by atoms with Gasteiger partial charge in [0.15, 0.2) is 22.5 Å². The number of nitrogen functional groups attached to an aromatic ring is 2. The Kier molecular flexibility index (Phi) is 10.0. The maximum absolute atomic E-state index is 13.1. The van der Waals surface area contributed by atoms with E-state index in [9.17, 15) is 14.7 Å². The third-order valence-corrected chi connectivity index (χ3v) is 8.07. The molecule has 0 radical (unpaired) electrons. The van der Waals surface area contributed by atoms with E-state index in [4.69, 9.17) is 27.8 Å². The quantitative estimate of drug-likeness (QED) is 0.276. The van der Waals surface area contributed by atoms with Crippen molar-refractivity contribution in [1.29, 1.82) is 0 Å². The number of carbonyl (C=O) groups is 2. The number of halogens is 1. The first-order chi connectivity index (χ1) is 19.7. The summed E-state index contributed by atoms with van der Waals surface area (Å²) < 4.78 is 6.16. The number of hydrogen-bond donors (Lipinski definition) is 3. The Balaban J connectivity index is 1.43. The van der Waals surface area contributed by atoms with Gasteiger partial charge in [0.25, 0.3) is 5.91 Å². The van der Waals surface area contributed by atoms with Gasteiger partial charge in [0.05, 0.1) is 45.3 Å². The molecule has 4 rings (SSSR count). The van der Waals surface area contributed by atoms with E-state index in [2.05, 4.69) is 27.4 Å². The lowest BCUT2D eigenvalue weighted by Crippen LogP contribution is -2.60. The number of methoxy groups -OCH3 is 1. The predicted molar refractivity (Wildman–Crippen MR) is 156 cm³/mol. The van der Waals surface area contributed by atoms with Crippen molar-refractivity contribution in [2.75, 3.05) is 44.8 Å². The van der Waals surface area contributed by atoms with Crippen LogP contribution in [-0.2, 0) is 12.8 Å². The number of anilines is 2. The summed E-state index contributed by atoms with van der Waals surface area (Å²) in [4.78, 5) is 32.1. The molecule has 2 aromatic carbocycles. The Morgan fingerprint density at radius 3 is 2.20 bits per heavy atom. The average Bonchev–Trinajstić information content (AvgIpc) is 2.96. The largest absolute Gasteiger partial charge is 0.545 e. The number of carbonyl (C=O) groups excluding carboxylic acids is 2. The Morgan fingerprint density at radius 2 is 1.61 bits per heavy atom. The molecule has 5 N–H and O–H groups in total. The minimum absolute atomic E-state index is 0.0137. The van der Waals surface area contributed by atoms with Gasteiger partial charge in [-0.05, 0) is 54.5 Å². The van der Waals surface area contributed by atoms with Crippen LogP contribution in [-0.4, -0.2) is 65.7 Å². The lowest BCUT2D eigenvalue weighted by Gasteiger charge is -2.45. The molecule has 1 aliphatic rings. The standard InChI is InChI=1S/C30H37ClN6O4/c1-41-24-14-10-21(11-15-24)6-3-17-37(16-2-5-20-8-12-22(13-9-20)30(39)40)18-4-7-23(19-37)34-29(38)25-27(32)36-28(33)26(31)35-25/h8-15,23H,2-7,16-19H2,1H3,(H5-,32,33,34,36,38,39,40). The molecule has 3 aromatic rings. The average molecular weight is 581 g/mol. The van der Waals surface area contributed by atoms with E-state index < -0.39 is 11.9 Å². The number of ether oxygens (including phenoxy) is 1. The van der Waals surface area contributed by atoms with Crippen molar-refractivity contribution in [2.45, 2.75) is 44.6 Å². The van der Waals surface area contributed by atoms with Crippen LogP contribution in [0, 0.1) is 0 Å². The number of nitrogens with one attached hydrogen (secondary N) is 1. The van der Waals surface area contributed by atoms with Gasteiger partial charge in [-0.25, -0.2) is 9.97 Å². The molecule has 1 aromatic heterocycles. The number of carboxylic acids is 1. The van der Waals surface area contributed by atoms with E-state index in [0.717, 1.165) is 80.5 Å². The maximum atomic E-state index is 13.1. The summed E-state index contributed by atoms with van der Waals surface area (Å²) in [6, 6.07) is 15.0. The van der Waals surface area contributed by atoms with Gasteiger partial charge in [-0.2, -0.15) is 0 Å². The molecule has 1 amide bonds. The Bertz CT molecular complexity index is 1350. The number of aromatic nitrogens is 2. The van der Waals surface area contributed by atoms with Crippen LogP contribution < -0.4 is 26.6 Å². The van der Waals surface area contributed by atoms with E-state index in [0.29, 0.717) is 0 Å². The minimum Gasteiger partial charge on any atom is -0.545 e. The number of amides is 1. The van der Waals surface area contributed by atoms with Gasteiger partial charge in [-0.3, -0.25) is 4.79 Å². The van der Waals surface area contributed by atoms with E-state index in [1.807, 2.05) is 24.3 Å². The number of nitrogens with zero attached hydrogens (tertiary/aromatic N) is 3. The fraction of sp³-hybridized carbons (Fsp3) is 0.400. The van der Waals surface area contributed by atoms with E-state index >= 15 is 0 Å². The molecule has 1 fully saturated rings. The van der Waals surface area contributed by atoms with Crippen LogP contribution in [0.25, 0.3) is 0 Å². The number of quaternary nitrogens is 1. The predicted octanol–water partition coefficient (Wildman–Crippen LogP) is 2.64. The zero-order valence-corrected chi connectivity index (χ0v) is 24.0. The van der Waals surface area contributed by atoms with Crippen LogP contribution in [0.5, 0.6) is 5.75 Å². The topological polar surface area (TPSA) is 156 Å². The Labute approximate surface area is 245 Å². The van der Waals surface area contributed by atoms with Gasteiger partial charge in [-0.1, -0.05) is 48.0 Å². The van der Waals surface area contributed by atoms with Crippen LogP contribution >= 0.6 is 11.6 Å². The molecule has 10 nitrogen and oxygen atoms in total. The molecule has 11 heteroatoms. The third-order valence-electron chi connectivity index (χ3n) is 7.79. The van der Waals surface area contributed by atoms with Gasteiger partial charge < -0.3 is 35.9 Å². The first kappa shape index (κ1) is 30.1.